The Morgan fingerprint density at radius 1 is 0.917 bits per heavy atom. The fraction of sp³-hybridized carbons (Fsp3) is 0.433. The summed E-state index contributed by atoms with van der Waals surface area (Å²) in [7, 11) is -3.67. The van der Waals surface area contributed by atoms with Crippen LogP contribution in [0, 0.1) is 5.92 Å². The van der Waals surface area contributed by atoms with E-state index >= 15 is 0 Å². The van der Waals surface area contributed by atoms with Crippen molar-refractivity contribution < 1.29 is 52.1 Å². The third kappa shape index (κ3) is 14.9. The highest BCUT2D eigenvalue weighted by molar-refractivity contribution is 7.93. The number of amides is 4. The van der Waals surface area contributed by atoms with Crippen molar-refractivity contribution in [2.45, 2.75) is 70.3 Å². The van der Waals surface area contributed by atoms with Crippen LogP contribution in [0.3, 0.4) is 0 Å². The quantitative estimate of drug-likeness (QED) is 0.105. The number of aliphatic carboxylic acids is 2. The summed E-state index contributed by atoms with van der Waals surface area (Å²) in [5, 5.41) is 29.0. The molecule has 1 aromatic heterocycles. The minimum atomic E-state index is -3.67. The van der Waals surface area contributed by atoms with Crippen LogP contribution in [0.2, 0.25) is 0 Å². The van der Waals surface area contributed by atoms with Crippen molar-refractivity contribution in [2.24, 2.45) is 5.92 Å². The first kappa shape index (κ1) is 38.9. The molecule has 0 aliphatic rings. The first-order valence-corrected chi connectivity index (χ1v) is 16.7. The number of rotatable bonds is 19. The largest absolute Gasteiger partial charge is 0.481 e. The molecule has 0 bridgehead atoms. The normalized spacial score (nSPS) is 13.9. The number of carboxylic acids is 2. The molecule has 4 amide bonds. The molecule has 18 heteroatoms. The summed E-state index contributed by atoms with van der Waals surface area (Å²) in [6, 6.07) is 3.40. The van der Waals surface area contributed by atoms with Gasteiger partial charge in [0.05, 0.1) is 18.8 Å². The first-order chi connectivity index (χ1) is 22.5. The highest BCUT2D eigenvalue weighted by Gasteiger charge is 2.32. The van der Waals surface area contributed by atoms with Gasteiger partial charge in [0, 0.05) is 36.4 Å². The standard InChI is InChI=1S/C30H40N6O11S/c1-18(2)26(36-30(44)47-16-19-7-5-4-6-8-19)29(43)34-22(9-10-24(37)38)27(41)35-23(13-21-15-31-17-32-21)28(42)33-20(14-25(39)40)11-12-48(3,45)46/h4-8,11-12,15,17-18,20,22-23,26H,9-10,13-14,16H2,1-3H3,(H,31,32)(H,33,42)(H,34,43)(H,35,41)(H,36,44)(H,37,38)(H,39,40)/b12-11+/t20-,22+,23+,26+/m1/s1. The molecule has 17 nitrogen and oxygen atoms in total. The Hall–Kier alpha value is -5.26. The van der Waals surface area contributed by atoms with Crippen molar-refractivity contribution in [1.29, 1.82) is 0 Å². The second-order valence-electron chi connectivity index (χ2n) is 11.1. The molecule has 0 spiro atoms. The zero-order chi connectivity index (χ0) is 35.9. The van der Waals surface area contributed by atoms with E-state index < -0.39 is 94.9 Å². The molecule has 0 saturated heterocycles. The fourth-order valence-electron chi connectivity index (χ4n) is 4.20. The minimum absolute atomic E-state index is 0.0695. The number of ether oxygens (including phenoxy) is 1. The molecule has 4 atom stereocenters. The van der Waals surface area contributed by atoms with Gasteiger partial charge in [-0.3, -0.25) is 24.0 Å². The number of aromatic nitrogens is 2. The summed E-state index contributed by atoms with van der Waals surface area (Å²) >= 11 is 0. The van der Waals surface area contributed by atoms with Crippen LogP contribution in [0.5, 0.6) is 0 Å². The molecule has 48 heavy (non-hydrogen) atoms. The molecule has 262 valence electrons. The summed E-state index contributed by atoms with van der Waals surface area (Å²) in [6.45, 7) is 3.19. The third-order valence-electron chi connectivity index (χ3n) is 6.61. The number of H-pyrrole nitrogens is 1. The SMILES string of the molecule is CC(C)[C@H](NC(=O)OCc1ccccc1)C(=O)N[C@@H](CCC(=O)O)C(=O)N[C@@H](Cc1cnc[nH]1)C(=O)N[C@H](/C=C/S(C)(=O)=O)CC(=O)O. The lowest BCUT2D eigenvalue weighted by Gasteiger charge is -2.27. The van der Waals surface area contributed by atoms with Crippen molar-refractivity contribution >= 4 is 45.6 Å². The Labute approximate surface area is 276 Å². The maximum absolute atomic E-state index is 13.5. The molecule has 0 aliphatic heterocycles. The van der Waals surface area contributed by atoms with Crippen LogP contribution in [-0.4, -0.2) is 94.8 Å². The van der Waals surface area contributed by atoms with Gasteiger partial charge in [0.1, 0.15) is 24.7 Å². The number of carbonyl (C=O) groups is 6. The number of sulfone groups is 1. The Balaban J connectivity index is 2.25. The van der Waals surface area contributed by atoms with Crippen molar-refractivity contribution in [2.75, 3.05) is 6.26 Å². The number of carbonyl (C=O) groups excluding carboxylic acids is 4. The second kappa shape index (κ2) is 18.8. The molecular formula is C30H40N6O11S. The lowest BCUT2D eigenvalue weighted by atomic mass is 10.0. The van der Waals surface area contributed by atoms with Crippen LogP contribution < -0.4 is 21.3 Å². The predicted octanol–water partition coefficient (Wildman–Crippen LogP) is 0.255. The van der Waals surface area contributed by atoms with E-state index in [1.54, 1.807) is 44.2 Å². The molecule has 0 saturated carbocycles. The van der Waals surface area contributed by atoms with Gasteiger partial charge in [-0.1, -0.05) is 50.3 Å². The number of hydrogen-bond donors (Lipinski definition) is 7. The number of benzene rings is 1. The summed E-state index contributed by atoms with van der Waals surface area (Å²) in [4.78, 5) is 82.0. The summed E-state index contributed by atoms with van der Waals surface area (Å²) < 4.78 is 28.4. The number of imidazole rings is 1. The van der Waals surface area contributed by atoms with Crippen LogP contribution >= 0.6 is 0 Å². The van der Waals surface area contributed by atoms with Gasteiger partial charge in [0.25, 0.3) is 0 Å². The topological polar surface area (TPSA) is 263 Å². The number of aromatic amines is 1. The molecule has 0 radical (unpaired) electrons. The Morgan fingerprint density at radius 2 is 1.56 bits per heavy atom. The number of nitrogens with one attached hydrogen (secondary N) is 5. The Kier molecular flexibility index (Phi) is 15.2. The van der Waals surface area contributed by atoms with Crippen LogP contribution in [0.25, 0.3) is 0 Å². The smallest absolute Gasteiger partial charge is 0.408 e. The average molecular weight is 693 g/mol. The summed E-state index contributed by atoms with van der Waals surface area (Å²) in [5.74, 6) is -5.81. The molecular weight excluding hydrogens is 652 g/mol. The van der Waals surface area contributed by atoms with Crippen LogP contribution in [-0.2, 0) is 51.6 Å². The molecule has 0 unspecified atom stereocenters. The van der Waals surface area contributed by atoms with Gasteiger partial charge in [-0.05, 0) is 17.9 Å². The highest BCUT2D eigenvalue weighted by atomic mass is 32.2. The van der Waals surface area contributed by atoms with Crippen molar-refractivity contribution in [3.05, 3.63) is 65.6 Å². The van der Waals surface area contributed by atoms with E-state index in [0.717, 1.165) is 17.7 Å². The minimum Gasteiger partial charge on any atom is -0.481 e. The van der Waals surface area contributed by atoms with E-state index in [-0.39, 0.29) is 13.0 Å². The monoisotopic (exact) mass is 692 g/mol. The fourth-order valence-corrected chi connectivity index (χ4v) is 4.67. The zero-order valence-electron chi connectivity index (χ0n) is 26.5. The van der Waals surface area contributed by atoms with Gasteiger partial charge in [-0.2, -0.15) is 0 Å². The Bertz CT molecular complexity index is 1550. The van der Waals surface area contributed by atoms with E-state index in [4.69, 9.17) is 4.74 Å². The van der Waals surface area contributed by atoms with Gasteiger partial charge < -0.3 is 41.2 Å². The molecule has 2 rings (SSSR count). The number of nitrogens with zero attached hydrogens (tertiary/aromatic N) is 1. The first-order valence-electron chi connectivity index (χ1n) is 14.7. The highest BCUT2D eigenvalue weighted by Crippen LogP contribution is 2.09. The van der Waals surface area contributed by atoms with Crippen molar-refractivity contribution in [1.82, 2.24) is 31.2 Å². The number of carboxylic acid groups (broad SMARTS) is 2. The van der Waals surface area contributed by atoms with Crippen LogP contribution in [0.1, 0.15) is 44.4 Å². The molecule has 0 aliphatic carbocycles. The van der Waals surface area contributed by atoms with E-state index in [1.165, 1.54) is 12.5 Å². The van der Waals surface area contributed by atoms with Crippen molar-refractivity contribution in [3.63, 3.8) is 0 Å². The van der Waals surface area contributed by atoms with E-state index in [0.29, 0.717) is 11.3 Å². The van der Waals surface area contributed by atoms with E-state index in [1.807, 2.05) is 0 Å². The van der Waals surface area contributed by atoms with Gasteiger partial charge in [0.15, 0.2) is 9.84 Å². The zero-order valence-corrected chi connectivity index (χ0v) is 27.4. The van der Waals surface area contributed by atoms with Gasteiger partial charge >= 0.3 is 18.0 Å². The van der Waals surface area contributed by atoms with Crippen LogP contribution in [0.4, 0.5) is 4.79 Å². The molecule has 1 aromatic carbocycles. The second-order valence-corrected chi connectivity index (χ2v) is 13.1. The van der Waals surface area contributed by atoms with E-state index in [9.17, 15) is 47.4 Å². The molecule has 0 fully saturated rings. The predicted molar refractivity (Wildman–Crippen MR) is 170 cm³/mol. The van der Waals surface area contributed by atoms with E-state index in [2.05, 4.69) is 31.2 Å². The maximum Gasteiger partial charge on any atom is 0.408 e. The average Bonchev–Trinajstić information content (AvgIpc) is 3.52. The van der Waals surface area contributed by atoms with Crippen molar-refractivity contribution in [3.8, 4) is 0 Å². The van der Waals surface area contributed by atoms with Gasteiger partial charge in [-0.15, -0.1) is 0 Å². The van der Waals surface area contributed by atoms with Gasteiger partial charge in [0.2, 0.25) is 17.7 Å². The Morgan fingerprint density at radius 3 is 2.12 bits per heavy atom. The third-order valence-corrected chi connectivity index (χ3v) is 7.26. The lowest BCUT2D eigenvalue weighted by Crippen LogP contribution is -2.58. The lowest BCUT2D eigenvalue weighted by molar-refractivity contribution is -0.139. The molecule has 2 aromatic rings. The molecule has 7 N–H and O–H groups in total. The molecule has 1 heterocycles. The van der Waals surface area contributed by atoms with Gasteiger partial charge in [-0.25, -0.2) is 18.2 Å². The van der Waals surface area contributed by atoms with Crippen LogP contribution in [0.15, 0.2) is 54.3 Å². The number of alkyl carbamates (subject to hydrolysis) is 1. The maximum atomic E-state index is 13.5. The summed E-state index contributed by atoms with van der Waals surface area (Å²) in [6.07, 6.45) is 1.81. The summed E-state index contributed by atoms with van der Waals surface area (Å²) in [5.41, 5.74) is 1.08. The number of hydrogen-bond acceptors (Lipinski definition) is 10.